The van der Waals surface area contributed by atoms with E-state index in [9.17, 15) is 0 Å². The van der Waals surface area contributed by atoms with Crippen LogP contribution >= 0.6 is 23.3 Å². The molecule has 2 fully saturated rings. The third kappa shape index (κ3) is 1.79. The van der Waals surface area contributed by atoms with Crippen molar-refractivity contribution in [3.05, 3.63) is 24.3 Å². The highest BCUT2D eigenvalue weighted by atomic mass is 32.2. The largest absolute Gasteiger partial charge is 0.244 e. The summed E-state index contributed by atoms with van der Waals surface area (Å²) in [7, 11) is 0. The summed E-state index contributed by atoms with van der Waals surface area (Å²) in [5.41, 5.74) is 1.14. The quantitative estimate of drug-likeness (QED) is 0.769. The Hall–Kier alpha value is -0.580. The van der Waals surface area contributed by atoms with Crippen molar-refractivity contribution in [2.75, 3.05) is 13.1 Å². The first kappa shape index (κ1) is 10.4. The Morgan fingerprint density at radius 2 is 1.94 bits per heavy atom. The van der Waals surface area contributed by atoms with Crippen LogP contribution in [0.4, 0.5) is 0 Å². The van der Waals surface area contributed by atoms with Crippen molar-refractivity contribution in [1.82, 2.24) is 9.29 Å². The molecule has 2 heterocycles. The second kappa shape index (κ2) is 3.97. The summed E-state index contributed by atoms with van der Waals surface area (Å²) in [6.07, 6.45) is 2.89. The highest BCUT2D eigenvalue weighted by Crippen LogP contribution is 2.44. The number of hydrogen-bond donors (Lipinski definition) is 0. The summed E-state index contributed by atoms with van der Waals surface area (Å²) in [5.74, 6) is 1.97. The number of thiazole rings is 1. The lowest BCUT2D eigenvalue weighted by Crippen LogP contribution is -2.22. The molecule has 1 saturated carbocycles. The number of fused-ring (bicyclic) bond motifs is 2. The van der Waals surface area contributed by atoms with Crippen molar-refractivity contribution in [2.45, 2.75) is 17.2 Å². The Morgan fingerprint density at radius 1 is 1.18 bits per heavy atom. The number of rotatable bonds is 2. The molecule has 0 bridgehead atoms. The third-order valence-electron chi connectivity index (χ3n) is 3.93. The van der Waals surface area contributed by atoms with Crippen molar-refractivity contribution in [3.63, 3.8) is 0 Å². The minimum Gasteiger partial charge on any atom is -0.244 e. The minimum atomic E-state index is 0.983. The smallest absolute Gasteiger partial charge is 0.166 e. The normalized spacial score (nSPS) is 28.2. The summed E-state index contributed by atoms with van der Waals surface area (Å²) in [6.45, 7) is 2.54. The zero-order chi connectivity index (χ0) is 11.2. The van der Waals surface area contributed by atoms with Gasteiger partial charge in [-0.1, -0.05) is 12.1 Å². The molecule has 0 radical (unpaired) electrons. The van der Waals surface area contributed by atoms with E-state index >= 15 is 0 Å². The number of hydrogen-bond acceptors (Lipinski definition) is 4. The van der Waals surface area contributed by atoms with Gasteiger partial charge in [0, 0.05) is 13.1 Å². The van der Waals surface area contributed by atoms with E-state index in [0.717, 1.165) is 17.4 Å². The molecule has 2 aromatic rings. The molecule has 88 valence electrons. The van der Waals surface area contributed by atoms with Crippen LogP contribution in [0.1, 0.15) is 12.8 Å². The van der Waals surface area contributed by atoms with Gasteiger partial charge in [-0.05, 0) is 48.8 Å². The van der Waals surface area contributed by atoms with E-state index in [-0.39, 0.29) is 0 Å². The Labute approximate surface area is 109 Å². The lowest BCUT2D eigenvalue weighted by molar-refractivity contribution is 0.243. The average molecular weight is 262 g/mol. The zero-order valence-corrected chi connectivity index (χ0v) is 11.1. The van der Waals surface area contributed by atoms with Crippen LogP contribution < -0.4 is 0 Å². The van der Waals surface area contributed by atoms with Gasteiger partial charge in [0.2, 0.25) is 0 Å². The second-order valence-electron chi connectivity index (χ2n) is 4.98. The summed E-state index contributed by atoms with van der Waals surface area (Å²) < 4.78 is 5.02. The van der Waals surface area contributed by atoms with Crippen molar-refractivity contribution in [1.29, 1.82) is 0 Å². The van der Waals surface area contributed by atoms with E-state index in [0.29, 0.717) is 0 Å². The fourth-order valence-electron chi connectivity index (χ4n) is 2.79. The van der Waals surface area contributed by atoms with Crippen LogP contribution in [0.25, 0.3) is 10.2 Å². The predicted molar refractivity (Wildman–Crippen MR) is 73.3 cm³/mol. The average Bonchev–Trinajstić information content (AvgIpc) is 2.83. The zero-order valence-electron chi connectivity index (χ0n) is 9.50. The summed E-state index contributed by atoms with van der Waals surface area (Å²) >= 11 is 3.68. The van der Waals surface area contributed by atoms with Gasteiger partial charge in [-0.25, -0.2) is 9.29 Å². The number of para-hydroxylation sites is 1. The van der Waals surface area contributed by atoms with Gasteiger partial charge in [0.1, 0.15) is 0 Å². The van der Waals surface area contributed by atoms with Crippen molar-refractivity contribution < 1.29 is 0 Å². The molecule has 1 aliphatic heterocycles. The molecule has 2 nitrogen and oxygen atoms in total. The van der Waals surface area contributed by atoms with Crippen LogP contribution in [0.5, 0.6) is 0 Å². The monoisotopic (exact) mass is 262 g/mol. The van der Waals surface area contributed by atoms with E-state index in [4.69, 9.17) is 0 Å². The van der Waals surface area contributed by atoms with Crippen molar-refractivity contribution >= 4 is 33.5 Å². The van der Waals surface area contributed by atoms with E-state index in [1.54, 1.807) is 0 Å². The topological polar surface area (TPSA) is 16.1 Å². The van der Waals surface area contributed by atoms with Gasteiger partial charge in [0.25, 0.3) is 0 Å². The number of nitrogens with zero attached hydrogens (tertiary/aromatic N) is 2. The van der Waals surface area contributed by atoms with E-state index < -0.39 is 0 Å². The third-order valence-corrected chi connectivity index (χ3v) is 6.04. The molecular formula is C13H14N2S2. The van der Waals surface area contributed by atoms with Crippen molar-refractivity contribution in [3.8, 4) is 0 Å². The molecule has 1 aromatic carbocycles. The Balaban J connectivity index is 1.54. The molecule has 0 amide bonds. The van der Waals surface area contributed by atoms with Crippen molar-refractivity contribution in [2.24, 2.45) is 11.8 Å². The number of benzene rings is 1. The Morgan fingerprint density at radius 3 is 2.65 bits per heavy atom. The summed E-state index contributed by atoms with van der Waals surface area (Å²) in [6, 6.07) is 8.41. The van der Waals surface area contributed by atoms with Gasteiger partial charge in [0.05, 0.1) is 10.2 Å². The first-order valence-corrected chi connectivity index (χ1v) is 7.76. The molecular weight excluding hydrogens is 248 g/mol. The first-order valence-electron chi connectivity index (χ1n) is 6.17. The van der Waals surface area contributed by atoms with Gasteiger partial charge in [-0.3, -0.25) is 0 Å². The standard InChI is InChI=1S/C13H14N2S2/c1-2-4-12-11(3-1)14-13(16-12)17-15-7-9-5-6-10(9)8-15/h1-4,9-10H,5-8H2. The lowest BCUT2D eigenvalue weighted by Gasteiger charge is -2.27. The lowest BCUT2D eigenvalue weighted by atomic mass is 9.77. The highest BCUT2D eigenvalue weighted by molar-refractivity contribution is 7.98. The molecule has 1 saturated heterocycles. The van der Waals surface area contributed by atoms with Crippen LogP contribution in [0.15, 0.2) is 28.6 Å². The molecule has 17 heavy (non-hydrogen) atoms. The van der Waals surface area contributed by atoms with E-state index in [2.05, 4.69) is 33.6 Å². The van der Waals surface area contributed by atoms with Gasteiger partial charge in [0.15, 0.2) is 4.34 Å². The summed E-state index contributed by atoms with van der Waals surface area (Å²) in [4.78, 5) is 4.69. The molecule has 2 unspecified atom stereocenters. The maximum Gasteiger partial charge on any atom is 0.166 e. The SMILES string of the molecule is c1ccc2sc(SN3CC4CCC4C3)nc2c1. The Kier molecular flexibility index (Phi) is 2.42. The van der Waals surface area contributed by atoms with Gasteiger partial charge in [-0.2, -0.15) is 0 Å². The second-order valence-corrected chi connectivity index (χ2v) is 7.36. The molecule has 1 aromatic heterocycles. The molecule has 4 rings (SSSR count). The highest BCUT2D eigenvalue weighted by Gasteiger charge is 2.39. The molecule has 1 aliphatic carbocycles. The molecule has 4 heteroatoms. The van der Waals surface area contributed by atoms with Crippen LogP contribution in [-0.2, 0) is 0 Å². The van der Waals surface area contributed by atoms with Gasteiger partial charge >= 0.3 is 0 Å². The van der Waals surface area contributed by atoms with E-state index in [1.807, 2.05) is 23.3 Å². The minimum absolute atomic E-state index is 0.983. The number of aromatic nitrogens is 1. The van der Waals surface area contributed by atoms with Crippen LogP contribution in [0.3, 0.4) is 0 Å². The predicted octanol–water partition coefficient (Wildman–Crippen LogP) is 3.65. The molecule has 2 aliphatic rings. The van der Waals surface area contributed by atoms with Gasteiger partial charge in [-0.15, -0.1) is 11.3 Å². The Bertz CT molecular complexity index is 506. The maximum absolute atomic E-state index is 4.69. The van der Waals surface area contributed by atoms with Crippen LogP contribution in [0, 0.1) is 11.8 Å². The molecule has 0 spiro atoms. The van der Waals surface area contributed by atoms with E-state index in [1.165, 1.54) is 35.0 Å². The van der Waals surface area contributed by atoms with Crippen LogP contribution in [0.2, 0.25) is 0 Å². The maximum atomic E-state index is 4.69. The summed E-state index contributed by atoms with van der Waals surface area (Å²) in [5, 5.41) is 0. The van der Waals surface area contributed by atoms with Crippen LogP contribution in [-0.4, -0.2) is 22.4 Å². The van der Waals surface area contributed by atoms with Gasteiger partial charge < -0.3 is 0 Å². The first-order chi connectivity index (χ1) is 8.38. The molecule has 2 atom stereocenters. The fraction of sp³-hybridized carbons (Fsp3) is 0.462. The molecule has 0 N–H and O–H groups in total. The fourth-order valence-corrected chi connectivity index (χ4v) is 5.12.